The molecule has 1 amide bonds. The quantitative estimate of drug-likeness (QED) is 0.758. The van der Waals surface area contributed by atoms with Gasteiger partial charge in [-0.05, 0) is 5.56 Å². The molecule has 0 aliphatic rings. The number of primary amides is 1. The average Bonchev–Trinajstić information content (AvgIpc) is 3.08. The van der Waals surface area contributed by atoms with E-state index in [1.165, 1.54) is 23.9 Å². The van der Waals surface area contributed by atoms with Gasteiger partial charge in [-0.1, -0.05) is 30.3 Å². The minimum Gasteiger partial charge on any atom is -0.496 e. The Morgan fingerprint density at radius 1 is 1.26 bits per heavy atom. The predicted molar refractivity (Wildman–Crippen MR) is 84.7 cm³/mol. The average molecular weight is 310 g/mol. The number of amides is 1. The zero-order valence-electron chi connectivity index (χ0n) is 12.3. The van der Waals surface area contributed by atoms with Crippen molar-refractivity contribution in [2.45, 2.75) is 0 Å². The highest BCUT2D eigenvalue weighted by molar-refractivity contribution is 6.01. The summed E-state index contributed by atoms with van der Waals surface area (Å²) in [4.78, 5) is 24.6. The monoisotopic (exact) mass is 310 g/mol. The van der Waals surface area contributed by atoms with Gasteiger partial charge in [0.25, 0.3) is 11.5 Å². The molecule has 23 heavy (non-hydrogen) atoms. The molecule has 0 spiro atoms. The minimum absolute atomic E-state index is 0.132. The lowest BCUT2D eigenvalue weighted by Crippen LogP contribution is -2.25. The number of ether oxygens (including phenoxy) is 1. The lowest BCUT2D eigenvalue weighted by Gasteiger charge is -2.17. The summed E-state index contributed by atoms with van der Waals surface area (Å²) in [5, 5.41) is 6.59. The van der Waals surface area contributed by atoms with Crippen LogP contribution in [0.25, 0.3) is 17.1 Å². The van der Waals surface area contributed by atoms with Gasteiger partial charge >= 0.3 is 0 Å². The summed E-state index contributed by atoms with van der Waals surface area (Å²) in [5.41, 5.74) is 6.32. The number of hydrogen-bond acceptors (Lipinski definition) is 4. The molecule has 3 aromatic rings. The summed E-state index contributed by atoms with van der Waals surface area (Å²) in [6.45, 7) is 0. The van der Waals surface area contributed by atoms with Crippen molar-refractivity contribution >= 4 is 5.91 Å². The summed E-state index contributed by atoms with van der Waals surface area (Å²) in [7, 11) is 1.39. The largest absolute Gasteiger partial charge is 0.496 e. The van der Waals surface area contributed by atoms with E-state index in [1.54, 1.807) is 30.3 Å². The molecule has 116 valence electrons. The molecule has 7 nitrogen and oxygen atoms in total. The van der Waals surface area contributed by atoms with Gasteiger partial charge in [0.15, 0.2) is 0 Å². The second-order valence-corrected chi connectivity index (χ2v) is 4.78. The van der Waals surface area contributed by atoms with Crippen molar-refractivity contribution in [3.63, 3.8) is 0 Å². The molecule has 7 heteroatoms. The first kappa shape index (κ1) is 14.6. The Labute approximate surface area is 131 Å². The van der Waals surface area contributed by atoms with Crippen molar-refractivity contribution in [1.29, 1.82) is 0 Å². The van der Waals surface area contributed by atoms with Gasteiger partial charge in [-0.3, -0.25) is 19.3 Å². The molecule has 0 fully saturated rings. The van der Waals surface area contributed by atoms with Crippen molar-refractivity contribution in [2.75, 3.05) is 7.11 Å². The number of nitrogens with two attached hydrogens (primary N) is 1. The highest BCUT2D eigenvalue weighted by Gasteiger charge is 2.23. The van der Waals surface area contributed by atoms with E-state index in [1.807, 2.05) is 6.07 Å². The van der Waals surface area contributed by atoms with Crippen molar-refractivity contribution < 1.29 is 9.53 Å². The maximum absolute atomic E-state index is 12.5. The number of nitrogens with zero attached hydrogens (tertiary/aromatic N) is 2. The normalized spacial score (nSPS) is 10.5. The first-order valence-corrected chi connectivity index (χ1v) is 6.82. The number of benzene rings is 1. The molecule has 1 aromatic carbocycles. The molecular weight excluding hydrogens is 296 g/mol. The lowest BCUT2D eigenvalue weighted by atomic mass is 10.0. The second kappa shape index (κ2) is 5.80. The second-order valence-electron chi connectivity index (χ2n) is 4.78. The van der Waals surface area contributed by atoms with E-state index in [0.717, 1.165) is 0 Å². The van der Waals surface area contributed by atoms with Gasteiger partial charge in [0.2, 0.25) is 0 Å². The van der Waals surface area contributed by atoms with E-state index in [-0.39, 0.29) is 16.9 Å². The van der Waals surface area contributed by atoms with Crippen molar-refractivity contribution in [3.05, 3.63) is 64.6 Å². The van der Waals surface area contributed by atoms with Crippen LogP contribution in [0.3, 0.4) is 0 Å². The molecule has 3 N–H and O–H groups in total. The Balaban J connectivity index is 2.47. The fraction of sp³-hybridized carbons (Fsp3) is 0.0625. The molecule has 2 heterocycles. The number of aromatic nitrogens is 3. The number of pyridine rings is 1. The van der Waals surface area contributed by atoms with Crippen LogP contribution in [-0.4, -0.2) is 27.8 Å². The Kier molecular flexibility index (Phi) is 3.68. The number of aromatic amines is 1. The molecule has 0 bridgehead atoms. The van der Waals surface area contributed by atoms with E-state index in [4.69, 9.17) is 10.5 Å². The number of carbonyl (C=O) groups is 1. The predicted octanol–water partition coefficient (Wildman–Crippen LogP) is 1.34. The van der Waals surface area contributed by atoms with E-state index >= 15 is 0 Å². The lowest BCUT2D eigenvalue weighted by molar-refractivity contribution is 0.0997. The van der Waals surface area contributed by atoms with Gasteiger partial charge in [-0.15, -0.1) is 0 Å². The highest BCUT2D eigenvalue weighted by atomic mass is 16.5. The number of methoxy groups -OCH3 is 1. The van der Waals surface area contributed by atoms with Crippen LogP contribution in [0, 0.1) is 0 Å². The Morgan fingerprint density at radius 3 is 2.57 bits per heavy atom. The molecule has 0 radical (unpaired) electrons. The summed E-state index contributed by atoms with van der Waals surface area (Å²) >= 11 is 0. The maximum atomic E-state index is 12.5. The van der Waals surface area contributed by atoms with Crippen LogP contribution in [0.5, 0.6) is 5.75 Å². The van der Waals surface area contributed by atoms with E-state index < -0.39 is 5.91 Å². The van der Waals surface area contributed by atoms with Crippen molar-refractivity contribution in [2.24, 2.45) is 5.73 Å². The van der Waals surface area contributed by atoms with Crippen LogP contribution < -0.4 is 16.0 Å². The van der Waals surface area contributed by atoms with Gasteiger partial charge in [0.05, 0.1) is 19.0 Å². The van der Waals surface area contributed by atoms with Crippen molar-refractivity contribution in [3.8, 4) is 22.8 Å². The zero-order valence-corrected chi connectivity index (χ0v) is 12.3. The number of hydrogen-bond donors (Lipinski definition) is 2. The SMILES string of the molecule is COc1cc(=O)n(-c2ccn[nH]2)c(-c2ccccc2)c1C(N)=O. The summed E-state index contributed by atoms with van der Waals surface area (Å²) in [6.07, 6.45) is 1.52. The molecule has 0 atom stereocenters. The third-order valence-electron chi connectivity index (χ3n) is 3.42. The van der Waals surface area contributed by atoms with Crippen LogP contribution in [-0.2, 0) is 0 Å². The van der Waals surface area contributed by atoms with Crippen LogP contribution in [0.2, 0.25) is 0 Å². The van der Waals surface area contributed by atoms with Crippen molar-refractivity contribution in [1.82, 2.24) is 14.8 Å². The van der Waals surface area contributed by atoms with Gasteiger partial charge in [-0.25, -0.2) is 0 Å². The first-order chi connectivity index (χ1) is 11.1. The Hall–Kier alpha value is -3.35. The third-order valence-corrected chi connectivity index (χ3v) is 3.42. The molecule has 3 rings (SSSR count). The Morgan fingerprint density at radius 2 is 2.00 bits per heavy atom. The number of rotatable bonds is 4. The van der Waals surface area contributed by atoms with E-state index in [9.17, 15) is 9.59 Å². The minimum atomic E-state index is -0.686. The summed E-state index contributed by atoms with van der Waals surface area (Å²) in [5.74, 6) is -0.120. The van der Waals surface area contributed by atoms with Crippen LogP contribution in [0.15, 0.2) is 53.5 Å². The number of H-pyrrole nitrogens is 1. The number of carbonyl (C=O) groups excluding carboxylic acids is 1. The summed E-state index contributed by atoms with van der Waals surface area (Å²) in [6, 6.07) is 11.9. The van der Waals surface area contributed by atoms with Gasteiger partial charge in [0, 0.05) is 12.1 Å². The fourth-order valence-electron chi connectivity index (χ4n) is 2.47. The standard InChI is InChI=1S/C16H14N4O3/c1-23-11-9-13(21)20(12-7-8-18-19-12)15(14(11)16(17)22)10-5-3-2-4-6-10/h2-9H,1H3,(H2,17,22)(H,18,19). The Bertz CT molecular complexity index is 899. The molecule has 0 aliphatic carbocycles. The first-order valence-electron chi connectivity index (χ1n) is 6.82. The van der Waals surface area contributed by atoms with Gasteiger partial charge in [0.1, 0.15) is 17.1 Å². The van der Waals surface area contributed by atoms with Crippen LogP contribution in [0.4, 0.5) is 0 Å². The van der Waals surface area contributed by atoms with Crippen LogP contribution in [0.1, 0.15) is 10.4 Å². The van der Waals surface area contributed by atoms with E-state index in [2.05, 4.69) is 10.2 Å². The zero-order chi connectivity index (χ0) is 16.4. The molecular formula is C16H14N4O3. The van der Waals surface area contributed by atoms with Gasteiger partial charge in [-0.2, -0.15) is 5.10 Å². The third kappa shape index (κ3) is 2.48. The van der Waals surface area contributed by atoms with E-state index in [0.29, 0.717) is 17.1 Å². The van der Waals surface area contributed by atoms with Crippen LogP contribution >= 0.6 is 0 Å². The summed E-state index contributed by atoms with van der Waals surface area (Å²) < 4.78 is 6.53. The highest BCUT2D eigenvalue weighted by Crippen LogP contribution is 2.30. The maximum Gasteiger partial charge on any atom is 0.260 e. The molecule has 0 unspecified atom stereocenters. The molecule has 0 aliphatic heterocycles. The molecule has 2 aromatic heterocycles. The molecule has 0 saturated carbocycles. The smallest absolute Gasteiger partial charge is 0.260 e. The topological polar surface area (TPSA) is 103 Å². The molecule has 0 saturated heterocycles. The van der Waals surface area contributed by atoms with Gasteiger partial charge < -0.3 is 10.5 Å². The fourth-order valence-corrected chi connectivity index (χ4v) is 2.47. The number of nitrogens with one attached hydrogen (secondary N) is 1.